The van der Waals surface area contributed by atoms with Gasteiger partial charge >= 0.3 is 6.18 Å². The van der Waals surface area contributed by atoms with Crippen molar-refractivity contribution in [1.82, 2.24) is 25.3 Å². The van der Waals surface area contributed by atoms with Crippen LogP contribution in [0.1, 0.15) is 44.7 Å². The van der Waals surface area contributed by atoms with Gasteiger partial charge < -0.3 is 20.4 Å². The Labute approximate surface area is 230 Å². The van der Waals surface area contributed by atoms with Gasteiger partial charge in [0.1, 0.15) is 0 Å². The Balaban J connectivity index is 1.22. The van der Waals surface area contributed by atoms with Gasteiger partial charge in [-0.25, -0.2) is 0 Å². The lowest BCUT2D eigenvalue weighted by molar-refractivity contribution is -0.137. The lowest BCUT2D eigenvalue weighted by Gasteiger charge is -2.36. The minimum atomic E-state index is -4.58. The van der Waals surface area contributed by atoms with Crippen LogP contribution in [0, 0.1) is 6.92 Å². The number of likely N-dealkylation sites (tertiary alicyclic amines) is 1. The van der Waals surface area contributed by atoms with Gasteiger partial charge in [-0.2, -0.15) is 13.2 Å². The van der Waals surface area contributed by atoms with E-state index < -0.39 is 36.3 Å². The predicted octanol–water partition coefficient (Wildman–Crippen LogP) is 2.27. The number of rotatable bonds is 7. The molecule has 0 radical (unpaired) electrons. The van der Waals surface area contributed by atoms with E-state index in [4.69, 9.17) is 0 Å². The van der Waals surface area contributed by atoms with E-state index in [2.05, 4.69) is 10.6 Å². The van der Waals surface area contributed by atoms with Crippen molar-refractivity contribution in [3.63, 3.8) is 0 Å². The molecule has 2 heterocycles. The molecule has 40 heavy (non-hydrogen) atoms. The summed E-state index contributed by atoms with van der Waals surface area (Å²) in [7, 11) is 0. The van der Waals surface area contributed by atoms with Crippen LogP contribution in [-0.4, -0.2) is 90.3 Å². The molecule has 12 heteroatoms. The number of hydrogen-bond acceptors (Lipinski definition) is 5. The van der Waals surface area contributed by atoms with E-state index in [0.717, 1.165) is 30.2 Å². The zero-order chi connectivity index (χ0) is 28.9. The average molecular weight is 560 g/mol. The summed E-state index contributed by atoms with van der Waals surface area (Å²) in [5.41, 5.74) is 0.416. The van der Waals surface area contributed by atoms with Gasteiger partial charge in [-0.1, -0.05) is 24.3 Å². The molecule has 2 fully saturated rings. The summed E-state index contributed by atoms with van der Waals surface area (Å²) in [5, 5.41) is 5.14. The molecule has 0 saturated carbocycles. The lowest BCUT2D eigenvalue weighted by atomic mass is 10.1. The van der Waals surface area contributed by atoms with Crippen LogP contribution in [0.2, 0.25) is 0 Å². The van der Waals surface area contributed by atoms with E-state index in [1.165, 1.54) is 6.07 Å². The van der Waals surface area contributed by atoms with Crippen LogP contribution in [0.4, 0.5) is 13.2 Å². The molecule has 4 amide bonds. The molecule has 1 atom stereocenters. The second-order valence-corrected chi connectivity index (χ2v) is 9.95. The molecule has 214 valence electrons. The number of benzene rings is 2. The minimum Gasteiger partial charge on any atom is -0.343 e. The standard InChI is InChI=1S/C28H32F3N5O4/c1-19-6-2-3-9-22(19)27(40)35-14-12-34(13-15-35)25(38)18-36-11-5-10-23(36)33-24(37)17-32-26(39)20-7-4-8-21(16-20)28(29,30)31/h2-4,6-9,16,23H,5,10-15,17-18H2,1H3,(H,32,39)(H,33,37). The SMILES string of the molecule is Cc1ccccc1C(=O)N1CCN(C(=O)CN2CCCC2NC(=O)CNC(=O)c2cccc(C(F)(F)F)c2)CC1. The number of amides is 4. The van der Waals surface area contributed by atoms with Crippen LogP contribution >= 0.6 is 0 Å². The van der Waals surface area contributed by atoms with Crippen LogP contribution in [0.25, 0.3) is 0 Å². The van der Waals surface area contributed by atoms with Crippen LogP contribution in [0.5, 0.6) is 0 Å². The van der Waals surface area contributed by atoms with Crippen LogP contribution < -0.4 is 10.6 Å². The van der Waals surface area contributed by atoms with Gasteiger partial charge in [0.15, 0.2) is 0 Å². The quantitative estimate of drug-likeness (QED) is 0.542. The summed E-state index contributed by atoms with van der Waals surface area (Å²) in [6.07, 6.45) is -3.58. The predicted molar refractivity (Wildman–Crippen MR) is 140 cm³/mol. The Hall–Kier alpha value is -3.93. The minimum absolute atomic E-state index is 0.0485. The molecule has 1 unspecified atom stereocenters. The van der Waals surface area contributed by atoms with Crippen molar-refractivity contribution >= 4 is 23.6 Å². The van der Waals surface area contributed by atoms with E-state index in [1.807, 2.05) is 30.0 Å². The smallest absolute Gasteiger partial charge is 0.343 e. The van der Waals surface area contributed by atoms with E-state index in [0.29, 0.717) is 44.7 Å². The van der Waals surface area contributed by atoms with Gasteiger partial charge in [0.2, 0.25) is 11.8 Å². The van der Waals surface area contributed by atoms with Crippen molar-refractivity contribution in [1.29, 1.82) is 0 Å². The third kappa shape index (κ3) is 7.17. The van der Waals surface area contributed by atoms with Gasteiger partial charge in [-0.3, -0.25) is 24.1 Å². The second kappa shape index (κ2) is 12.5. The van der Waals surface area contributed by atoms with Gasteiger partial charge in [0.25, 0.3) is 11.8 Å². The van der Waals surface area contributed by atoms with E-state index in [9.17, 15) is 32.3 Å². The van der Waals surface area contributed by atoms with Crippen LogP contribution in [0.15, 0.2) is 48.5 Å². The molecule has 9 nitrogen and oxygen atoms in total. The second-order valence-electron chi connectivity index (χ2n) is 9.95. The number of alkyl halides is 3. The number of nitrogens with one attached hydrogen (secondary N) is 2. The van der Waals surface area contributed by atoms with Crippen LogP contribution in [-0.2, 0) is 15.8 Å². The first-order valence-corrected chi connectivity index (χ1v) is 13.1. The molecule has 4 rings (SSSR count). The summed E-state index contributed by atoms with van der Waals surface area (Å²) in [6, 6.07) is 11.4. The molecule has 2 aliphatic heterocycles. The first-order chi connectivity index (χ1) is 19.0. The van der Waals surface area contributed by atoms with Crippen molar-refractivity contribution in [3.8, 4) is 0 Å². The number of carbonyl (C=O) groups excluding carboxylic acids is 4. The highest BCUT2D eigenvalue weighted by molar-refractivity contribution is 5.97. The molecule has 2 saturated heterocycles. The third-order valence-electron chi connectivity index (χ3n) is 7.19. The molecule has 0 bridgehead atoms. The summed E-state index contributed by atoms with van der Waals surface area (Å²) < 4.78 is 38.7. The molecule has 0 aromatic heterocycles. The topological polar surface area (TPSA) is 102 Å². The van der Waals surface area contributed by atoms with Crippen LogP contribution in [0.3, 0.4) is 0 Å². The Kier molecular flexibility index (Phi) is 9.08. The maximum absolute atomic E-state index is 13.0. The van der Waals surface area contributed by atoms with Gasteiger partial charge in [0, 0.05) is 43.9 Å². The van der Waals surface area contributed by atoms with Gasteiger partial charge in [-0.05, 0) is 49.6 Å². The first-order valence-electron chi connectivity index (χ1n) is 13.1. The van der Waals surface area contributed by atoms with Gasteiger partial charge in [0.05, 0.1) is 24.8 Å². The Morgan fingerprint density at radius 1 is 0.925 bits per heavy atom. The highest BCUT2D eigenvalue weighted by Gasteiger charge is 2.32. The van der Waals surface area contributed by atoms with E-state index in [-0.39, 0.29) is 23.9 Å². The molecule has 2 aliphatic rings. The number of carbonyl (C=O) groups is 4. The molecule has 2 N–H and O–H groups in total. The van der Waals surface area contributed by atoms with E-state index in [1.54, 1.807) is 15.9 Å². The fourth-order valence-electron chi connectivity index (χ4n) is 4.93. The highest BCUT2D eigenvalue weighted by atomic mass is 19.4. The lowest BCUT2D eigenvalue weighted by Crippen LogP contribution is -2.54. The maximum atomic E-state index is 13.0. The molecular formula is C28H32F3N5O4. The van der Waals surface area contributed by atoms with Crippen molar-refractivity contribution in [2.45, 2.75) is 32.1 Å². The summed E-state index contributed by atoms with van der Waals surface area (Å²) in [5.74, 6) is -1.44. The van der Waals surface area contributed by atoms with Crippen molar-refractivity contribution in [3.05, 3.63) is 70.8 Å². The monoisotopic (exact) mass is 559 g/mol. The number of piperazine rings is 1. The Bertz CT molecular complexity index is 1260. The summed E-state index contributed by atoms with van der Waals surface area (Å²) in [6.45, 7) is 3.90. The largest absolute Gasteiger partial charge is 0.416 e. The number of hydrogen-bond donors (Lipinski definition) is 2. The zero-order valence-electron chi connectivity index (χ0n) is 22.2. The van der Waals surface area contributed by atoms with Crippen molar-refractivity contribution < 1.29 is 32.3 Å². The molecule has 0 aliphatic carbocycles. The van der Waals surface area contributed by atoms with Crippen molar-refractivity contribution in [2.24, 2.45) is 0 Å². The van der Waals surface area contributed by atoms with Crippen molar-refractivity contribution in [2.75, 3.05) is 45.8 Å². The zero-order valence-corrected chi connectivity index (χ0v) is 22.2. The number of aryl methyl sites for hydroxylation is 1. The fourth-order valence-corrected chi connectivity index (χ4v) is 4.93. The first kappa shape index (κ1) is 29.1. The normalized spacial score (nSPS) is 17.9. The number of nitrogens with zero attached hydrogens (tertiary/aromatic N) is 3. The Morgan fingerprint density at radius 2 is 1.62 bits per heavy atom. The maximum Gasteiger partial charge on any atom is 0.416 e. The Morgan fingerprint density at radius 3 is 2.33 bits per heavy atom. The molecule has 0 spiro atoms. The molecule has 2 aromatic carbocycles. The molecular weight excluding hydrogens is 527 g/mol. The fraction of sp³-hybridized carbons (Fsp3) is 0.429. The van der Waals surface area contributed by atoms with Gasteiger partial charge in [-0.15, -0.1) is 0 Å². The highest BCUT2D eigenvalue weighted by Crippen LogP contribution is 2.29. The average Bonchev–Trinajstić information content (AvgIpc) is 3.37. The molecule has 2 aromatic rings. The summed E-state index contributed by atoms with van der Waals surface area (Å²) >= 11 is 0. The van der Waals surface area contributed by atoms with E-state index >= 15 is 0 Å². The number of halogens is 3. The summed E-state index contributed by atoms with van der Waals surface area (Å²) in [4.78, 5) is 55.9. The third-order valence-corrected chi connectivity index (χ3v) is 7.19.